The minimum Gasteiger partial charge on any atom is -0.312 e. The molecule has 0 spiro atoms. The van der Waals surface area contributed by atoms with Gasteiger partial charge in [0.1, 0.15) is 0 Å². The molecule has 2 heteroatoms. The van der Waals surface area contributed by atoms with Crippen molar-refractivity contribution in [2.24, 2.45) is 5.92 Å². The van der Waals surface area contributed by atoms with Crippen LogP contribution in [0.2, 0.25) is 0 Å². The number of rotatable bonds is 8. The Morgan fingerprint density at radius 2 is 1.70 bits per heavy atom. The van der Waals surface area contributed by atoms with Gasteiger partial charge in [-0.3, -0.25) is 4.90 Å². The van der Waals surface area contributed by atoms with Crippen molar-refractivity contribution in [3.05, 3.63) is 0 Å². The van der Waals surface area contributed by atoms with E-state index < -0.39 is 0 Å². The van der Waals surface area contributed by atoms with Crippen LogP contribution in [0.4, 0.5) is 0 Å². The summed E-state index contributed by atoms with van der Waals surface area (Å²) in [6, 6.07) is 1.60. The smallest absolute Gasteiger partial charge is 0.00981 e. The summed E-state index contributed by atoms with van der Waals surface area (Å²) in [6.07, 6.45) is 8.36. The molecule has 1 saturated carbocycles. The maximum atomic E-state index is 3.61. The molecule has 20 heavy (non-hydrogen) atoms. The van der Waals surface area contributed by atoms with E-state index in [4.69, 9.17) is 0 Å². The Hall–Kier alpha value is -0.0800. The zero-order chi connectivity index (χ0) is 15.2. The van der Waals surface area contributed by atoms with Crippen LogP contribution in [0.15, 0.2) is 0 Å². The largest absolute Gasteiger partial charge is 0.312 e. The van der Waals surface area contributed by atoms with Crippen molar-refractivity contribution >= 4 is 0 Å². The molecule has 0 aromatic carbocycles. The molecule has 1 N–H and O–H groups in total. The van der Waals surface area contributed by atoms with E-state index in [1.165, 1.54) is 45.1 Å². The Labute approximate surface area is 127 Å². The van der Waals surface area contributed by atoms with Crippen LogP contribution >= 0.6 is 0 Å². The van der Waals surface area contributed by atoms with Crippen molar-refractivity contribution in [3.63, 3.8) is 0 Å². The summed E-state index contributed by atoms with van der Waals surface area (Å²) in [5, 5.41) is 3.61. The third-order valence-corrected chi connectivity index (χ3v) is 4.39. The molecule has 120 valence electrons. The van der Waals surface area contributed by atoms with E-state index >= 15 is 0 Å². The molecular formula is C18H38N2. The molecule has 0 aromatic rings. The summed E-state index contributed by atoms with van der Waals surface area (Å²) in [5.74, 6) is 0.783. The third-order valence-electron chi connectivity index (χ3n) is 4.39. The van der Waals surface area contributed by atoms with Crippen LogP contribution in [0, 0.1) is 5.92 Å². The lowest BCUT2D eigenvalue weighted by Crippen LogP contribution is -2.43. The highest BCUT2D eigenvalue weighted by Crippen LogP contribution is 2.27. The van der Waals surface area contributed by atoms with Gasteiger partial charge >= 0.3 is 0 Å². The lowest BCUT2D eigenvalue weighted by atomic mass is 10.0. The summed E-state index contributed by atoms with van der Waals surface area (Å²) in [5.41, 5.74) is 0.256. The van der Waals surface area contributed by atoms with Gasteiger partial charge in [-0.05, 0) is 65.8 Å². The number of nitrogens with one attached hydrogen (secondary N) is 1. The predicted octanol–water partition coefficient (Wildman–Crippen LogP) is 4.44. The van der Waals surface area contributed by atoms with Crippen LogP contribution in [0.3, 0.4) is 0 Å². The standard InChI is InChI=1S/C18H38N2/c1-15(2)14-20(17-11-7-8-12-17)16(3)10-9-13-19-18(4,5)6/h15-17,19H,7-14H2,1-6H3. The number of hydrogen-bond acceptors (Lipinski definition) is 2. The fourth-order valence-corrected chi connectivity index (χ4v) is 3.37. The van der Waals surface area contributed by atoms with Gasteiger partial charge in [-0.2, -0.15) is 0 Å². The van der Waals surface area contributed by atoms with E-state index in [1.54, 1.807) is 0 Å². The van der Waals surface area contributed by atoms with Crippen LogP contribution in [-0.4, -0.2) is 35.6 Å². The molecule has 1 rings (SSSR count). The van der Waals surface area contributed by atoms with E-state index in [0.29, 0.717) is 0 Å². The Kier molecular flexibility index (Phi) is 7.53. The molecule has 0 saturated heterocycles. The van der Waals surface area contributed by atoms with Crippen LogP contribution in [-0.2, 0) is 0 Å². The van der Waals surface area contributed by atoms with Crippen molar-refractivity contribution < 1.29 is 0 Å². The summed E-state index contributed by atoms with van der Waals surface area (Å²) >= 11 is 0. The molecule has 0 aromatic heterocycles. The minimum absolute atomic E-state index is 0.256. The maximum Gasteiger partial charge on any atom is 0.00981 e. The lowest BCUT2D eigenvalue weighted by Gasteiger charge is -2.36. The molecule has 1 atom stereocenters. The summed E-state index contributed by atoms with van der Waals surface area (Å²) in [7, 11) is 0. The maximum absolute atomic E-state index is 3.61. The Balaban J connectivity index is 2.36. The molecule has 1 aliphatic carbocycles. The predicted molar refractivity (Wildman–Crippen MR) is 90.3 cm³/mol. The summed E-state index contributed by atoms with van der Waals surface area (Å²) in [4.78, 5) is 2.81. The van der Waals surface area contributed by atoms with Gasteiger partial charge in [0.25, 0.3) is 0 Å². The fraction of sp³-hybridized carbons (Fsp3) is 1.00. The topological polar surface area (TPSA) is 15.3 Å². The Bertz CT molecular complexity index is 249. The van der Waals surface area contributed by atoms with Gasteiger partial charge < -0.3 is 5.32 Å². The zero-order valence-electron chi connectivity index (χ0n) is 14.8. The number of hydrogen-bond donors (Lipinski definition) is 1. The molecule has 0 aliphatic heterocycles. The van der Waals surface area contributed by atoms with Crippen molar-refractivity contribution in [1.29, 1.82) is 0 Å². The van der Waals surface area contributed by atoms with Crippen LogP contribution < -0.4 is 5.32 Å². The second-order valence-electron chi connectivity index (χ2n) is 8.20. The van der Waals surface area contributed by atoms with E-state index in [2.05, 4.69) is 51.8 Å². The molecule has 0 heterocycles. The zero-order valence-corrected chi connectivity index (χ0v) is 14.8. The van der Waals surface area contributed by atoms with Crippen LogP contribution in [0.1, 0.15) is 80.1 Å². The van der Waals surface area contributed by atoms with E-state index in [9.17, 15) is 0 Å². The normalized spacial score (nSPS) is 19.2. The highest BCUT2D eigenvalue weighted by molar-refractivity contribution is 4.82. The summed E-state index contributed by atoms with van der Waals surface area (Å²) in [6.45, 7) is 16.3. The fourth-order valence-electron chi connectivity index (χ4n) is 3.37. The minimum atomic E-state index is 0.256. The number of nitrogens with zero attached hydrogens (tertiary/aromatic N) is 1. The molecule has 0 radical (unpaired) electrons. The van der Waals surface area contributed by atoms with Crippen molar-refractivity contribution in [2.45, 2.75) is 97.7 Å². The van der Waals surface area contributed by atoms with Gasteiger partial charge in [-0.25, -0.2) is 0 Å². The summed E-state index contributed by atoms with van der Waals surface area (Å²) < 4.78 is 0. The van der Waals surface area contributed by atoms with Gasteiger partial charge in [0.15, 0.2) is 0 Å². The second-order valence-corrected chi connectivity index (χ2v) is 8.20. The van der Waals surface area contributed by atoms with Crippen LogP contribution in [0.25, 0.3) is 0 Å². The monoisotopic (exact) mass is 282 g/mol. The van der Waals surface area contributed by atoms with Gasteiger partial charge in [0.2, 0.25) is 0 Å². The van der Waals surface area contributed by atoms with Gasteiger partial charge in [-0.1, -0.05) is 26.7 Å². The first-order valence-electron chi connectivity index (χ1n) is 8.80. The first-order chi connectivity index (χ1) is 9.29. The van der Waals surface area contributed by atoms with Gasteiger partial charge in [0.05, 0.1) is 0 Å². The molecule has 1 fully saturated rings. The highest BCUT2D eigenvalue weighted by Gasteiger charge is 2.26. The van der Waals surface area contributed by atoms with Gasteiger partial charge in [-0.15, -0.1) is 0 Å². The lowest BCUT2D eigenvalue weighted by molar-refractivity contribution is 0.120. The Morgan fingerprint density at radius 1 is 1.10 bits per heavy atom. The molecular weight excluding hydrogens is 244 g/mol. The quantitative estimate of drug-likeness (QED) is 0.662. The van der Waals surface area contributed by atoms with Gasteiger partial charge in [0, 0.05) is 24.2 Å². The van der Waals surface area contributed by atoms with Crippen molar-refractivity contribution in [1.82, 2.24) is 10.2 Å². The average Bonchev–Trinajstić information content (AvgIpc) is 2.83. The van der Waals surface area contributed by atoms with E-state index in [1.807, 2.05) is 0 Å². The molecule has 0 bridgehead atoms. The first-order valence-corrected chi connectivity index (χ1v) is 8.80. The third kappa shape index (κ3) is 7.08. The van der Waals surface area contributed by atoms with E-state index in [-0.39, 0.29) is 5.54 Å². The van der Waals surface area contributed by atoms with Crippen LogP contribution in [0.5, 0.6) is 0 Å². The first kappa shape index (κ1) is 18.0. The van der Waals surface area contributed by atoms with E-state index in [0.717, 1.165) is 24.5 Å². The molecule has 0 amide bonds. The van der Waals surface area contributed by atoms with Crippen molar-refractivity contribution in [3.8, 4) is 0 Å². The van der Waals surface area contributed by atoms with Crippen molar-refractivity contribution in [2.75, 3.05) is 13.1 Å². The molecule has 2 nitrogen and oxygen atoms in total. The average molecular weight is 283 g/mol. The second kappa shape index (κ2) is 8.38. The molecule has 1 aliphatic rings. The Morgan fingerprint density at radius 3 is 2.20 bits per heavy atom. The molecule has 1 unspecified atom stereocenters. The SMILES string of the molecule is CC(C)CN(C(C)CCCNC(C)(C)C)C1CCCC1. The highest BCUT2D eigenvalue weighted by atomic mass is 15.2.